The average molecular weight is 252 g/mol. The van der Waals surface area contributed by atoms with Gasteiger partial charge in [-0.3, -0.25) is 14.9 Å². The highest BCUT2D eigenvalue weighted by Gasteiger charge is 2.14. The summed E-state index contributed by atoms with van der Waals surface area (Å²) in [6.07, 6.45) is 0. The van der Waals surface area contributed by atoms with Crippen molar-refractivity contribution in [2.24, 2.45) is 0 Å². The van der Waals surface area contributed by atoms with E-state index in [1.54, 1.807) is 24.9 Å². The molecule has 0 aromatic heterocycles. The van der Waals surface area contributed by atoms with Gasteiger partial charge in [0, 0.05) is 24.9 Å². The summed E-state index contributed by atoms with van der Waals surface area (Å²) in [6.45, 7) is 3.95. The third-order valence-electron chi connectivity index (χ3n) is 2.49. The van der Waals surface area contributed by atoms with Crippen LogP contribution in [0.15, 0.2) is 18.2 Å². The lowest BCUT2D eigenvalue weighted by molar-refractivity contribution is -0.384. The van der Waals surface area contributed by atoms with Crippen molar-refractivity contribution < 1.29 is 14.5 Å². The van der Waals surface area contributed by atoms with Crippen LogP contribution in [0.4, 0.5) is 11.4 Å². The minimum Gasteiger partial charge on any atom is -0.465 e. The number of hydrogen-bond donors (Lipinski definition) is 0. The third kappa shape index (κ3) is 3.44. The smallest absolute Gasteiger partial charge is 0.325 e. The van der Waals surface area contributed by atoms with E-state index in [0.29, 0.717) is 12.3 Å². The van der Waals surface area contributed by atoms with Crippen molar-refractivity contribution in [3.05, 3.63) is 33.9 Å². The maximum atomic E-state index is 11.4. The molecule has 0 radical (unpaired) electrons. The number of rotatable bonds is 5. The van der Waals surface area contributed by atoms with E-state index in [2.05, 4.69) is 0 Å². The summed E-state index contributed by atoms with van der Waals surface area (Å²) in [5, 5.41) is 10.7. The molecule has 6 nitrogen and oxygen atoms in total. The predicted molar refractivity (Wildman–Crippen MR) is 67.7 cm³/mol. The fourth-order valence-electron chi connectivity index (χ4n) is 1.61. The molecule has 0 aliphatic carbocycles. The van der Waals surface area contributed by atoms with Gasteiger partial charge in [-0.1, -0.05) is 6.07 Å². The summed E-state index contributed by atoms with van der Waals surface area (Å²) in [5.74, 6) is -0.356. The van der Waals surface area contributed by atoms with Crippen LogP contribution in [0.3, 0.4) is 0 Å². The van der Waals surface area contributed by atoms with Crippen LogP contribution in [-0.4, -0.2) is 31.1 Å². The molecule has 0 saturated heterocycles. The number of non-ortho nitro benzene ring substituents is 1. The molecule has 0 N–H and O–H groups in total. The van der Waals surface area contributed by atoms with Crippen LogP contribution in [-0.2, 0) is 9.53 Å². The standard InChI is InChI=1S/C12H16N2O4/c1-4-18-12(15)8-13(3)11-7-10(14(16)17)6-5-9(11)2/h5-7H,4,8H2,1-3H3. The van der Waals surface area contributed by atoms with Gasteiger partial charge in [-0.15, -0.1) is 0 Å². The lowest BCUT2D eigenvalue weighted by Crippen LogP contribution is -2.27. The number of likely N-dealkylation sites (N-methyl/N-ethyl adjacent to an activating group) is 1. The van der Waals surface area contributed by atoms with E-state index in [9.17, 15) is 14.9 Å². The molecule has 0 atom stereocenters. The van der Waals surface area contributed by atoms with Crippen LogP contribution < -0.4 is 4.90 Å². The summed E-state index contributed by atoms with van der Waals surface area (Å²) < 4.78 is 4.84. The van der Waals surface area contributed by atoms with E-state index in [1.807, 2.05) is 6.92 Å². The zero-order valence-corrected chi connectivity index (χ0v) is 10.7. The maximum Gasteiger partial charge on any atom is 0.325 e. The van der Waals surface area contributed by atoms with E-state index >= 15 is 0 Å². The van der Waals surface area contributed by atoms with Gasteiger partial charge in [-0.25, -0.2) is 0 Å². The van der Waals surface area contributed by atoms with Crippen molar-refractivity contribution in [1.82, 2.24) is 0 Å². The molecule has 6 heteroatoms. The lowest BCUT2D eigenvalue weighted by atomic mass is 10.1. The third-order valence-corrected chi connectivity index (χ3v) is 2.49. The van der Waals surface area contributed by atoms with Crippen molar-refractivity contribution in [2.75, 3.05) is 25.1 Å². The minimum atomic E-state index is -0.457. The first kappa shape index (κ1) is 14.0. The molecule has 1 rings (SSSR count). The minimum absolute atomic E-state index is 0.00584. The molecule has 0 aliphatic rings. The van der Waals surface area contributed by atoms with Crippen molar-refractivity contribution >= 4 is 17.3 Å². The highest BCUT2D eigenvalue weighted by Crippen LogP contribution is 2.24. The van der Waals surface area contributed by atoms with Crippen LogP contribution >= 0.6 is 0 Å². The van der Waals surface area contributed by atoms with Crippen LogP contribution in [0, 0.1) is 17.0 Å². The van der Waals surface area contributed by atoms with Gasteiger partial charge in [0.2, 0.25) is 0 Å². The molecule has 98 valence electrons. The molecule has 0 unspecified atom stereocenters. The first-order chi connectivity index (χ1) is 8.45. The Balaban J connectivity index is 2.90. The Hall–Kier alpha value is -2.11. The van der Waals surface area contributed by atoms with Crippen molar-refractivity contribution in [3.8, 4) is 0 Å². The monoisotopic (exact) mass is 252 g/mol. The van der Waals surface area contributed by atoms with E-state index in [0.717, 1.165) is 5.56 Å². The number of carbonyl (C=O) groups excluding carboxylic acids is 1. The number of anilines is 1. The molecule has 0 aliphatic heterocycles. The van der Waals surface area contributed by atoms with Gasteiger partial charge in [0.1, 0.15) is 6.54 Å². The SMILES string of the molecule is CCOC(=O)CN(C)c1cc([N+](=O)[O-])ccc1C. The number of nitrogens with zero attached hydrogens (tertiary/aromatic N) is 2. The molecule has 0 bridgehead atoms. The number of benzene rings is 1. The van der Waals surface area contributed by atoms with Crippen LogP contribution in [0.25, 0.3) is 0 Å². The zero-order chi connectivity index (χ0) is 13.7. The van der Waals surface area contributed by atoms with E-state index in [1.165, 1.54) is 12.1 Å². The second kappa shape index (κ2) is 6.00. The number of ether oxygens (including phenoxy) is 1. The molecule has 18 heavy (non-hydrogen) atoms. The highest BCUT2D eigenvalue weighted by atomic mass is 16.6. The fraction of sp³-hybridized carbons (Fsp3) is 0.417. The van der Waals surface area contributed by atoms with Crippen LogP contribution in [0.1, 0.15) is 12.5 Å². The van der Waals surface area contributed by atoms with Gasteiger partial charge >= 0.3 is 5.97 Å². The second-order valence-electron chi connectivity index (χ2n) is 3.89. The predicted octanol–water partition coefficient (Wildman–Crippen LogP) is 1.90. The Bertz CT molecular complexity index is 459. The highest BCUT2D eigenvalue weighted by molar-refractivity contribution is 5.76. The Morgan fingerprint density at radius 2 is 2.17 bits per heavy atom. The number of carbonyl (C=O) groups is 1. The van der Waals surface area contributed by atoms with Gasteiger partial charge in [-0.05, 0) is 19.4 Å². The first-order valence-electron chi connectivity index (χ1n) is 5.57. The summed E-state index contributed by atoms with van der Waals surface area (Å²) in [6, 6.07) is 4.56. The molecule has 0 amide bonds. The fourth-order valence-corrected chi connectivity index (χ4v) is 1.61. The Morgan fingerprint density at radius 1 is 1.50 bits per heavy atom. The van der Waals surface area contributed by atoms with Crippen molar-refractivity contribution in [2.45, 2.75) is 13.8 Å². The first-order valence-corrected chi connectivity index (χ1v) is 5.57. The molecular formula is C12H16N2O4. The molecular weight excluding hydrogens is 236 g/mol. The largest absolute Gasteiger partial charge is 0.465 e. The van der Waals surface area contributed by atoms with Gasteiger partial charge in [0.25, 0.3) is 5.69 Å². The Morgan fingerprint density at radius 3 is 2.72 bits per heavy atom. The number of esters is 1. The van der Waals surface area contributed by atoms with Crippen molar-refractivity contribution in [3.63, 3.8) is 0 Å². The lowest BCUT2D eigenvalue weighted by Gasteiger charge is -2.19. The quantitative estimate of drug-likeness (QED) is 0.454. The van der Waals surface area contributed by atoms with Gasteiger partial charge < -0.3 is 9.64 Å². The average Bonchev–Trinajstić information content (AvgIpc) is 2.29. The van der Waals surface area contributed by atoms with E-state index in [4.69, 9.17) is 4.74 Å². The molecule has 1 aromatic rings. The van der Waals surface area contributed by atoms with E-state index in [-0.39, 0.29) is 18.2 Å². The number of aryl methyl sites for hydroxylation is 1. The summed E-state index contributed by atoms with van der Waals surface area (Å²) >= 11 is 0. The molecule has 0 fully saturated rings. The van der Waals surface area contributed by atoms with Gasteiger partial charge in [-0.2, -0.15) is 0 Å². The topological polar surface area (TPSA) is 72.7 Å². The number of nitro benzene ring substituents is 1. The van der Waals surface area contributed by atoms with Gasteiger partial charge in [0.15, 0.2) is 0 Å². The molecule has 0 spiro atoms. The Kier molecular flexibility index (Phi) is 4.65. The number of hydrogen-bond acceptors (Lipinski definition) is 5. The summed E-state index contributed by atoms with van der Waals surface area (Å²) in [7, 11) is 1.70. The van der Waals surface area contributed by atoms with E-state index < -0.39 is 4.92 Å². The second-order valence-corrected chi connectivity index (χ2v) is 3.89. The zero-order valence-electron chi connectivity index (χ0n) is 10.7. The number of nitro groups is 1. The van der Waals surface area contributed by atoms with Gasteiger partial charge in [0.05, 0.1) is 11.5 Å². The molecule has 1 aromatic carbocycles. The summed E-state index contributed by atoms with van der Waals surface area (Å²) in [5.41, 5.74) is 1.52. The molecule has 0 heterocycles. The maximum absolute atomic E-state index is 11.4. The molecule has 0 saturated carbocycles. The van der Waals surface area contributed by atoms with Crippen molar-refractivity contribution in [1.29, 1.82) is 0 Å². The van der Waals surface area contributed by atoms with Crippen LogP contribution in [0.5, 0.6) is 0 Å². The Labute approximate surface area is 105 Å². The normalized spacial score (nSPS) is 9.94. The van der Waals surface area contributed by atoms with Crippen LogP contribution in [0.2, 0.25) is 0 Å². The summed E-state index contributed by atoms with van der Waals surface area (Å²) in [4.78, 5) is 23.2.